The number of nitrogens with one attached hydrogen (secondary N) is 2. The average molecular weight is 399 g/mol. The molecule has 0 bridgehead atoms. The number of hydrogen-bond donors (Lipinski definition) is 2. The van der Waals surface area contributed by atoms with Crippen LogP contribution in [0.1, 0.15) is 41.6 Å². The minimum atomic E-state index is -3.67. The highest BCUT2D eigenvalue weighted by atomic mass is 32.2. The Hall–Kier alpha value is -2.44. The summed E-state index contributed by atoms with van der Waals surface area (Å²) in [5.41, 5.74) is 1.53. The lowest BCUT2D eigenvalue weighted by molar-refractivity contribution is 0.0943. The van der Waals surface area contributed by atoms with Crippen molar-refractivity contribution in [1.82, 2.24) is 10.0 Å². The van der Waals surface area contributed by atoms with Crippen molar-refractivity contribution < 1.29 is 13.2 Å². The first kappa shape index (κ1) is 20.3. The van der Waals surface area contributed by atoms with Crippen molar-refractivity contribution in [3.63, 3.8) is 0 Å². The van der Waals surface area contributed by atoms with Crippen molar-refractivity contribution in [3.05, 3.63) is 78.4 Å². The fraction of sp³-hybridized carbons (Fsp3) is 0.318. The van der Waals surface area contributed by atoms with E-state index in [1.807, 2.05) is 18.2 Å². The average Bonchev–Trinajstić information content (AvgIpc) is 3.21. The van der Waals surface area contributed by atoms with E-state index in [0.29, 0.717) is 12.1 Å². The zero-order valence-corrected chi connectivity index (χ0v) is 16.7. The molecule has 28 heavy (non-hydrogen) atoms. The molecule has 0 heterocycles. The van der Waals surface area contributed by atoms with E-state index in [-0.39, 0.29) is 22.8 Å². The highest BCUT2D eigenvalue weighted by molar-refractivity contribution is 7.89. The highest BCUT2D eigenvalue weighted by Gasteiger charge is 2.35. The molecule has 0 aromatic heterocycles. The monoisotopic (exact) mass is 398 g/mol. The normalized spacial score (nSPS) is 15.9. The second-order valence-electron chi connectivity index (χ2n) is 7.20. The molecule has 3 rings (SSSR count). The molecule has 1 fully saturated rings. The molecule has 1 saturated carbocycles. The molecule has 148 valence electrons. The van der Waals surface area contributed by atoms with Gasteiger partial charge in [0.1, 0.15) is 0 Å². The predicted molar refractivity (Wildman–Crippen MR) is 111 cm³/mol. The van der Waals surface area contributed by atoms with E-state index < -0.39 is 10.0 Å². The van der Waals surface area contributed by atoms with E-state index in [9.17, 15) is 13.2 Å². The smallest absolute Gasteiger partial charge is 0.251 e. The Kier molecular flexibility index (Phi) is 6.31. The first-order valence-corrected chi connectivity index (χ1v) is 11.0. The molecule has 1 aliphatic carbocycles. The molecule has 0 spiro atoms. The van der Waals surface area contributed by atoms with Gasteiger partial charge in [0.25, 0.3) is 5.91 Å². The van der Waals surface area contributed by atoms with Crippen LogP contribution < -0.4 is 10.0 Å². The Labute approximate surface area is 166 Å². The maximum atomic E-state index is 12.7. The van der Waals surface area contributed by atoms with Crippen LogP contribution in [-0.2, 0) is 15.4 Å². The predicted octanol–water partition coefficient (Wildman–Crippen LogP) is 3.39. The zero-order chi connectivity index (χ0) is 20.0. The first-order chi connectivity index (χ1) is 13.5. The van der Waals surface area contributed by atoms with Gasteiger partial charge in [-0.2, -0.15) is 0 Å². The van der Waals surface area contributed by atoms with Crippen LogP contribution in [0.4, 0.5) is 0 Å². The van der Waals surface area contributed by atoms with E-state index in [0.717, 1.165) is 25.7 Å². The summed E-state index contributed by atoms with van der Waals surface area (Å²) in [7, 11) is -3.67. The van der Waals surface area contributed by atoms with Gasteiger partial charge in [0.05, 0.1) is 4.90 Å². The van der Waals surface area contributed by atoms with E-state index in [1.165, 1.54) is 23.8 Å². The molecule has 2 N–H and O–H groups in total. The third kappa shape index (κ3) is 4.51. The van der Waals surface area contributed by atoms with Gasteiger partial charge in [0.2, 0.25) is 10.0 Å². The molecule has 0 radical (unpaired) electrons. The second-order valence-corrected chi connectivity index (χ2v) is 8.97. The van der Waals surface area contributed by atoms with Crippen LogP contribution >= 0.6 is 0 Å². The van der Waals surface area contributed by atoms with Crippen LogP contribution in [0.15, 0.2) is 72.1 Å². The van der Waals surface area contributed by atoms with Crippen LogP contribution in [0.25, 0.3) is 0 Å². The Bertz CT molecular complexity index is 933. The Balaban J connectivity index is 1.74. The van der Waals surface area contributed by atoms with E-state index in [1.54, 1.807) is 12.1 Å². The van der Waals surface area contributed by atoms with Gasteiger partial charge in [-0.25, -0.2) is 13.1 Å². The van der Waals surface area contributed by atoms with Gasteiger partial charge in [-0.3, -0.25) is 4.79 Å². The molecule has 6 heteroatoms. The Morgan fingerprint density at radius 2 is 1.79 bits per heavy atom. The molecule has 2 aromatic carbocycles. The quantitative estimate of drug-likeness (QED) is 0.669. The van der Waals surface area contributed by atoms with Gasteiger partial charge in [-0.1, -0.05) is 55.3 Å². The topological polar surface area (TPSA) is 75.3 Å². The van der Waals surface area contributed by atoms with Gasteiger partial charge in [0.15, 0.2) is 0 Å². The van der Waals surface area contributed by atoms with Crippen molar-refractivity contribution in [2.24, 2.45) is 0 Å². The highest BCUT2D eigenvalue weighted by Crippen LogP contribution is 2.40. The third-order valence-electron chi connectivity index (χ3n) is 5.36. The van der Waals surface area contributed by atoms with Gasteiger partial charge in [-0.15, -0.1) is 6.58 Å². The number of carbonyl (C=O) groups excluding carboxylic acids is 1. The molecule has 0 unspecified atom stereocenters. The van der Waals surface area contributed by atoms with Gasteiger partial charge in [-0.05, 0) is 36.6 Å². The standard InChI is InChI=1S/C22H26N2O3S/c1-2-15-24-28(26,27)20-12-8-9-18(16-20)21(25)23-17-22(13-6-7-14-22)19-10-4-3-5-11-19/h2-5,8-12,16,24H,1,6-7,13-15,17H2,(H,23,25). The molecular weight excluding hydrogens is 372 g/mol. The van der Waals surface area contributed by atoms with Gasteiger partial charge >= 0.3 is 0 Å². The van der Waals surface area contributed by atoms with Crippen molar-refractivity contribution in [1.29, 1.82) is 0 Å². The molecule has 0 saturated heterocycles. The summed E-state index contributed by atoms with van der Waals surface area (Å²) in [4.78, 5) is 12.8. The second kappa shape index (κ2) is 8.71. The van der Waals surface area contributed by atoms with Crippen molar-refractivity contribution in [2.75, 3.05) is 13.1 Å². The fourth-order valence-electron chi connectivity index (χ4n) is 3.82. The minimum absolute atomic E-state index is 0.0495. The van der Waals surface area contributed by atoms with E-state index in [4.69, 9.17) is 0 Å². The Morgan fingerprint density at radius 3 is 2.46 bits per heavy atom. The van der Waals surface area contributed by atoms with Gasteiger partial charge in [0, 0.05) is 24.1 Å². The summed E-state index contributed by atoms with van der Waals surface area (Å²) in [6, 6.07) is 16.4. The molecule has 0 atom stereocenters. The zero-order valence-electron chi connectivity index (χ0n) is 15.9. The molecule has 0 aliphatic heterocycles. The van der Waals surface area contributed by atoms with Gasteiger partial charge < -0.3 is 5.32 Å². The van der Waals surface area contributed by atoms with E-state index >= 15 is 0 Å². The van der Waals surface area contributed by atoms with Crippen molar-refractivity contribution in [2.45, 2.75) is 36.0 Å². The maximum absolute atomic E-state index is 12.7. The van der Waals surface area contributed by atoms with Crippen molar-refractivity contribution in [3.8, 4) is 0 Å². The number of hydrogen-bond acceptors (Lipinski definition) is 3. The summed E-state index contributed by atoms with van der Waals surface area (Å²) in [6.07, 6.45) is 5.84. The number of rotatable bonds is 8. The molecular formula is C22H26N2O3S. The SMILES string of the molecule is C=CCNS(=O)(=O)c1cccc(C(=O)NCC2(c3ccccc3)CCCC2)c1. The summed E-state index contributed by atoms with van der Waals surface area (Å²) in [5, 5.41) is 3.03. The van der Waals surface area contributed by atoms with Crippen LogP contribution in [0, 0.1) is 0 Å². The Morgan fingerprint density at radius 1 is 1.07 bits per heavy atom. The summed E-state index contributed by atoms with van der Waals surface area (Å²) in [6.45, 7) is 4.19. The molecule has 1 amide bonds. The van der Waals surface area contributed by atoms with Crippen LogP contribution in [-0.4, -0.2) is 27.4 Å². The maximum Gasteiger partial charge on any atom is 0.251 e. The van der Waals surface area contributed by atoms with Crippen LogP contribution in [0.2, 0.25) is 0 Å². The lowest BCUT2D eigenvalue weighted by atomic mass is 9.79. The van der Waals surface area contributed by atoms with Crippen molar-refractivity contribution >= 4 is 15.9 Å². The third-order valence-corrected chi connectivity index (χ3v) is 6.78. The van der Waals surface area contributed by atoms with Crippen LogP contribution in [0.3, 0.4) is 0 Å². The number of amides is 1. The first-order valence-electron chi connectivity index (χ1n) is 9.51. The number of carbonyl (C=O) groups is 1. The molecule has 2 aromatic rings. The lowest BCUT2D eigenvalue weighted by Gasteiger charge is -2.30. The lowest BCUT2D eigenvalue weighted by Crippen LogP contribution is -2.39. The van der Waals surface area contributed by atoms with E-state index in [2.05, 4.69) is 28.8 Å². The fourth-order valence-corrected chi connectivity index (χ4v) is 4.86. The summed E-state index contributed by atoms with van der Waals surface area (Å²) >= 11 is 0. The van der Waals surface area contributed by atoms with Crippen LogP contribution in [0.5, 0.6) is 0 Å². The largest absolute Gasteiger partial charge is 0.351 e. The molecule has 5 nitrogen and oxygen atoms in total. The molecule has 1 aliphatic rings. The number of sulfonamides is 1. The minimum Gasteiger partial charge on any atom is -0.351 e. The number of benzene rings is 2. The summed E-state index contributed by atoms with van der Waals surface area (Å²) < 4.78 is 27.0. The summed E-state index contributed by atoms with van der Waals surface area (Å²) in [5.74, 6) is -0.261.